The molecule has 37 heavy (non-hydrogen) atoms. The number of hydrogen-bond donors (Lipinski definition) is 0. The summed E-state index contributed by atoms with van der Waals surface area (Å²) in [6.07, 6.45) is 6.61. The quantitative estimate of drug-likeness (QED) is 0.212. The van der Waals surface area contributed by atoms with Gasteiger partial charge in [0.15, 0.2) is 0 Å². The van der Waals surface area contributed by atoms with Crippen LogP contribution in [0.1, 0.15) is 17.5 Å². The van der Waals surface area contributed by atoms with Gasteiger partial charge in [0.2, 0.25) is 5.52 Å². The van der Waals surface area contributed by atoms with Crippen molar-refractivity contribution in [1.29, 1.82) is 0 Å². The van der Waals surface area contributed by atoms with Gasteiger partial charge < -0.3 is 4.55 Å². The molecule has 0 saturated carbocycles. The Morgan fingerprint density at radius 2 is 1.43 bits per heavy atom. The second-order valence-corrected chi connectivity index (χ2v) is 10.9. The van der Waals surface area contributed by atoms with Crippen LogP contribution in [0.4, 0.5) is 5.82 Å². The minimum atomic E-state index is -4.22. The van der Waals surface area contributed by atoms with Crippen LogP contribution in [0.25, 0.3) is 16.9 Å². The lowest BCUT2D eigenvalue weighted by Crippen LogP contribution is -2.31. The molecule has 0 aliphatic carbocycles. The maximum Gasteiger partial charge on any atom is 0.374 e. The SMILES string of the molecule is O=S([O-])(=Nc1nc2ccccc2nc1-[n+]1ccc(CCCc2ccccc2)cc1)c1cc(Cl)ccc1Cl. The molecule has 6 nitrogen and oxygen atoms in total. The fraction of sp³-hybridized carbons (Fsp3) is 0.107. The molecule has 0 bridgehead atoms. The summed E-state index contributed by atoms with van der Waals surface area (Å²) in [5.41, 5.74) is 3.62. The smallest absolute Gasteiger partial charge is 0.374 e. The maximum atomic E-state index is 13.2. The van der Waals surface area contributed by atoms with E-state index in [1.807, 2.05) is 42.7 Å². The van der Waals surface area contributed by atoms with Gasteiger partial charge in [-0.15, -0.1) is 0 Å². The van der Waals surface area contributed by atoms with Gasteiger partial charge in [-0.2, -0.15) is 8.93 Å². The van der Waals surface area contributed by atoms with Crippen molar-refractivity contribution in [3.05, 3.63) is 118 Å². The monoisotopic (exact) mass is 548 g/mol. The highest BCUT2D eigenvalue weighted by atomic mass is 35.5. The number of hydrogen-bond acceptors (Lipinski definition) is 5. The van der Waals surface area contributed by atoms with Gasteiger partial charge >= 0.3 is 5.82 Å². The third-order valence-electron chi connectivity index (χ3n) is 5.83. The zero-order chi connectivity index (χ0) is 25.8. The zero-order valence-electron chi connectivity index (χ0n) is 19.6. The van der Waals surface area contributed by atoms with Crippen LogP contribution >= 0.6 is 23.2 Å². The molecule has 0 amide bonds. The van der Waals surface area contributed by atoms with Crippen molar-refractivity contribution in [3.8, 4) is 5.82 Å². The summed E-state index contributed by atoms with van der Waals surface area (Å²) in [6, 6.07) is 25.8. The molecule has 5 aromatic rings. The molecule has 1 unspecified atom stereocenters. The zero-order valence-corrected chi connectivity index (χ0v) is 22.0. The molecule has 0 spiro atoms. The minimum Gasteiger partial charge on any atom is -0.760 e. The highest BCUT2D eigenvalue weighted by Gasteiger charge is 2.21. The Labute approximate surface area is 225 Å². The number of aryl methyl sites for hydroxylation is 2. The van der Waals surface area contributed by atoms with E-state index in [4.69, 9.17) is 23.2 Å². The standard InChI is InChI=1S/C28H22Cl2N4O2S/c29-22-13-14-23(30)26(19-22)37(35,36)33-27-28(32-25-12-5-4-11-24(25)31-27)34-17-15-21(16-18-34)10-6-9-20-7-2-1-3-8-20/h1-5,7-8,11-19H,6,9-10H2. The molecule has 2 heterocycles. The van der Waals surface area contributed by atoms with Gasteiger partial charge in [0.05, 0.1) is 22.3 Å². The Morgan fingerprint density at radius 3 is 2.14 bits per heavy atom. The number of aromatic nitrogens is 3. The van der Waals surface area contributed by atoms with E-state index in [2.05, 4.69) is 38.6 Å². The summed E-state index contributed by atoms with van der Waals surface area (Å²) in [6.45, 7) is 0. The molecule has 0 fully saturated rings. The average Bonchev–Trinajstić information content (AvgIpc) is 2.90. The largest absolute Gasteiger partial charge is 0.760 e. The number of para-hydroxylation sites is 2. The van der Waals surface area contributed by atoms with Crippen LogP contribution in [0.15, 0.2) is 107 Å². The predicted molar refractivity (Wildman–Crippen MR) is 145 cm³/mol. The number of nitrogens with zero attached hydrogens (tertiary/aromatic N) is 4. The van der Waals surface area contributed by atoms with E-state index >= 15 is 0 Å². The van der Waals surface area contributed by atoms with Gasteiger partial charge in [0.25, 0.3) is 5.82 Å². The Morgan fingerprint density at radius 1 is 0.811 bits per heavy atom. The molecule has 0 saturated heterocycles. The molecule has 0 radical (unpaired) electrons. The Bertz CT molecular complexity index is 1690. The molecule has 2 aromatic heterocycles. The summed E-state index contributed by atoms with van der Waals surface area (Å²) in [4.78, 5) is 9.00. The number of benzene rings is 3. The van der Waals surface area contributed by atoms with Gasteiger partial charge in [0.1, 0.15) is 5.52 Å². The van der Waals surface area contributed by atoms with E-state index in [0.29, 0.717) is 11.0 Å². The number of halogens is 2. The fourth-order valence-corrected chi connectivity index (χ4v) is 5.65. The molecule has 1 atom stereocenters. The first-order valence-corrected chi connectivity index (χ1v) is 13.8. The van der Waals surface area contributed by atoms with Crippen molar-refractivity contribution in [2.45, 2.75) is 24.2 Å². The van der Waals surface area contributed by atoms with Gasteiger partial charge in [0, 0.05) is 15.0 Å². The summed E-state index contributed by atoms with van der Waals surface area (Å²) >= 11 is 12.2. The fourth-order valence-electron chi connectivity index (χ4n) is 3.96. The van der Waals surface area contributed by atoms with Crippen LogP contribution in [0.5, 0.6) is 0 Å². The second kappa shape index (κ2) is 10.9. The highest BCUT2D eigenvalue weighted by molar-refractivity contribution is 7.88. The van der Waals surface area contributed by atoms with Crippen molar-refractivity contribution >= 4 is 50.1 Å². The van der Waals surface area contributed by atoms with Gasteiger partial charge in [-0.05, 0) is 77.8 Å². The molecule has 5 rings (SSSR count). The van der Waals surface area contributed by atoms with E-state index in [-0.39, 0.29) is 26.6 Å². The molecule has 0 aliphatic heterocycles. The lowest BCUT2D eigenvalue weighted by molar-refractivity contribution is -0.598. The predicted octanol–water partition coefficient (Wildman–Crippen LogP) is 6.68. The molecular weight excluding hydrogens is 527 g/mol. The molecule has 9 heteroatoms. The Balaban J connectivity index is 1.50. The average molecular weight is 549 g/mol. The third kappa shape index (κ3) is 5.97. The first-order valence-electron chi connectivity index (χ1n) is 11.6. The lowest BCUT2D eigenvalue weighted by atomic mass is 10.1. The number of fused-ring (bicyclic) bond motifs is 1. The van der Waals surface area contributed by atoms with E-state index < -0.39 is 10.0 Å². The first-order chi connectivity index (χ1) is 17.9. The van der Waals surface area contributed by atoms with Crippen molar-refractivity contribution < 1.29 is 13.3 Å². The Hall–Kier alpha value is -3.36. The molecule has 186 valence electrons. The van der Waals surface area contributed by atoms with E-state index in [1.165, 1.54) is 23.8 Å². The molecule has 0 aliphatic rings. The minimum absolute atomic E-state index is 0.0240. The van der Waals surface area contributed by atoms with E-state index in [0.717, 1.165) is 24.8 Å². The van der Waals surface area contributed by atoms with Gasteiger partial charge in [-0.1, -0.05) is 65.7 Å². The van der Waals surface area contributed by atoms with Gasteiger partial charge in [-0.25, -0.2) is 4.98 Å². The van der Waals surface area contributed by atoms with Crippen LogP contribution in [-0.2, 0) is 22.9 Å². The number of rotatable bonds is 7. The van der Waals surface area contributed by atoms with E-state index in [1.54, 1.807) is 16.7 Å². The van der Waals surface area contributed by atoms with Crippen LogP contribution < -0.4 is 4.57 Å². The molecule has 0 N–H and O–H groups in total. The molecular formula is C28H22Cl2N4O2S. The summed E-state index contributed by atoms with van der Waals surface area (Å²) < 4.78 is 32.1. The highest BCUT2D eigenvalue weighted by Crippen LogP contribution is 2.29. The summed E-state index contributed by atoms with van der Waals surface area (Å²) in [5.74, 6) is 0.243. The normalized spacial score (nSPS) is 12.8. The topological polar surface area (TPSA) is 82.1 Å². The summed E-state index contributed by atoms with van der Waals surface area (Å²) in [7, 11) is -4.22. The number of pyridine rings is 1. The van der Waals surface area contributed by atoms with Crippen molar-refractivity contribution in [1.82, 2.24) is 9.97 Å². The first kappa shape index (κ1) is 25.3. The molecule has 3 aromatic carbocycles. The van der Waals surface area contributed by atoms with Crippen LogP contribution in [-0.4, -0.2) is 18.7 Å². The summed E-state index contributed by atoms with van der Waals surface area (Å²) in [5, 5.41) is 0.260. The Kier molecular flexibility index (Phi) is 7.48. The lowest BCUT2D eigenvalue weighted by Gasteiger charge is -2.15. The van der Waals surface area contributed by atoms with Crippen molar-refractivity contribution in [2.75, 3.05) is 0 Å². The maximum absolute atomic E-state index is 13.2. The van der Waals surface area contributed by atoms with Crippen LogP contribution in [0.3, 0.4) is 0 Å². The van der Waals surface area contributed by atoms with E-state index in [9.17, 15) is 8.76 Å². The van der Waals surface area contributed by atoms with Crippen LogP contribution in [0, 0.1) is 0 Å². The van der Waals surface area contributed by atoms with Crippen LogP contribution in [0.2, 0.25) is 10.0 Å². The second-order valence-electron chi connectivity index (χ2n) is 8.45. The third-order valence-corrected chi connectivity index (χ3v) is 7.81. The van der Waals surface area contributed by atoms with Gasteiger partial charge in [-0.3, -0.25) is 4.21 Å². The van der Waals surface area contributed by atoms with Crippen molar-refractivity contribution in [2.24, 2.45) is 4.36 Å². The van der Waals surface area contributed by atoms with Crippen molar-refractivity contribution in [3.63, 3.8) is 0 Å².